The van der Waals surface area contributed by atoms with Gasteiger partial charge in [-0.25, -0.2) is 0 Å². The quantitative estimate of drug-likeness (QED) is 0.414. The van der Waals surface area contributed by atoms with Crippen LogP contribution >= 0.6 is 0 Å². The molecule has 172 valence electrons. The third-order valence-electron chi connectivity index (χ3n) is 7.83. The molecule has 4 heteroatoms. The molecule has 3 aliphatic heterocycles. The van der Waals surface area contributed by atoms with Crippen molar-refractivity contribution in [3.8, 4) is 5.75 Å². The Morgan fingerprint density at radius 3 is 2.76 bits per heavy atom. The molecule has 4 unspecified atom stereocenters. The highest BCUT2D eigenvalue weighted by Gasteiger charge is 2.42. The molecule has 0 spiro atoms. The Morgan fingerprint density at radius 2 is 1.94 bits per heavy atom. The molecule has 4 nitrogen and oxygen atoms in total. The van der Waals surface area contributed by atoms with Crippen molar-refractivity contribution in [2.24, 2.45) is 11.8 Å². The van der Waals surface area contributed by atoms with Crippen LogP contribution < -0.4 is 4.74 Å². The number of aliphatic hydroxyl groups excluding tert-OH is 1. The van der Waals surface area contributed by atoms with E-state index in [0.717, 1.165) is 41.7 Å². The predicted molar refractivity (Wildman–Crippen MR) is 138 cm³/mol. The molecule has 0 saturated carbocycles. The number of nitrogens with zero attached hydrogens (tertiary/aromatic N) is 2. The highest BCUT2D eigenvalue weighted by atomic mass is 16.5. The Labute approximate surface area is 200 Å². The summed E-state index contributed by atoms with van der Waals surface area (Å²) in [6, 6.07) is 23.2. The molecule has 3 aliphatic rings. The van der Waals surface area contributed by atoms with E-state index in [1.165, 1.54) is 22.8 Å². The normalized spacial score (nSPS) is 25.2. The molecule has 3 aromatic carbocycles. The van der Waals surface area contributed by atoms with E-state index in [4.69, 9.17) is 4.74 Å². The number of aliphatic hydroxyl groups is 1. The Kier molecular flexibility index (Phi) is 5.56. The second-order valence-electron chi connectivity index (χ2n) is 9.70. The van der Waals surface area contributed by atoms with Crippen molar-refractivity contribution < 1.29 is 9.84 Å². The molecule has 3 saturated heterocycles. The largest absolute Gasteiger partial charge is 0.497 e. The van der Waals surface area contributed by atoms with Crippen molar-refractivity contribution >= 4 is 27.8 Å². The van der Waals surface area contributed by atoms with Crippen molar-refractivity contribution in [1.29, 1.82) is 0 Å². The minimum Gasteiger partial charge on any atom is -0.497 e. The molecule has 0 radical (unpaired) electrons. The summed E-state index contributed by atoms with van der Waals surface area (Å²) in [5.74, 6) is 1.92. The molecular weight excluding hydrogens is 420 g/mol. The SMILES string of the molecule is COc1ccc2nccc([C@@H](O)C3CC4CCN3CC4/C=C/c3ccc4ccccc4c3)c2c1. The van der Waals surface area contributed by atoms with E-state index in [1.807, 2.05) is 24.3 Å². The van der Waals surface area contributed by atoms with Crippen LogP contribution in [0, 0.1) is 11.8 Å². The molecule has 2 bridgehead atoms. The third-order valence-corrected chi connectivity index (χ3v) is 7.83. The number of aromatic nitrogens is 1. The number of piperidine rings is 3. The van der Waals surface area contributed by atoms with Gasteiger partial charge >= 0.3 is 0 Å². The number of pyridine rings is 1. The number of hydrogen-bond acceptors (Lipinski definition) is 4. The van der Waals surface area contributed by atoms with Crippen LogP contribution in [0.1, 0.15) is 30.1 Å². The van der Waals surface area contributed by atoms with E-state index < -0.39 is 6.10 Å². The van der Waals surface area contributed by atoms with Crippen LogP contribution in [0.3, 0.4) is 0 Å². The Hall–Kier alpha value is -3.21. The number of ether oxygens (including phenoxy) is 1. The number of methoxy groups -OCH3 is 1. The van der Waals surface area contributed by atoms with Crippen LogP contribution in [-0.4, -0.2) is 41.2 Å². The molecule has 0 aliphatic carbocycles. The zero-order valence-corrected chi connectivity index (χ0v) is 19.5. The molecule has 5 atom stereocenters. The lowest BCUT2D eigenvalue weighted by Crippen LogP contribution is -2.54. The van der Waals surface area contributed by atoms with Crippen molar-refractivity contribution in [3.05, 3.63) is 90.1 Å². The van der Waals surface area contributed by atoms with Crippen molar-refractivity contribution in [2.75, 3.05) is 20.2 Å². The third kappa shape index (κ3) is 3.87. The van der Waals surface area contributed by atoms with Gasteiger partial charge in [0.05, 0.1) is 18.7 Å². The van der Waals surface area contributed by atoms with Gasteiger partial charge in [-0.05, 0) is 83.5 Å². The fourth-order valence-corrected chi connectivity index (χ4v) is 5.94. The summed E-state index contributed by atoms with van der Waals surface area (Å²) in [6.07, 6.45) is 8.16. The standard InChI is InChI=1S/C30H30N2O2/c1-34-25-10-11-28-27(18-25)26(12-14-31-28)30(33)29-17-23-13-15-32(29)19-24(23)9-7-20-6-8-21-4-2-3-5-22(21)16-20/h2-12,14,16,18,23-24,29-30,33H,13,15,17,19H2,1H3/b9-7+/t23?,24?,29?,30-/m1/s1. The van der Waals surface area contributed by atoms with Gasteiger partial charge in [0.25, 0.3) is 0 Å². The smallest absolute Gasteiger partial charge is 0.119 e. The molecule has 4 heterocycles. The van der Waals surface area contributed by atoms with E-state index in [-0.39, 0.29) is 6.04 Å². The average molecular weight is 451 g/mol. The second kappa shape index (κ2) is 8.86. The van der Waals surface area contributed by atoms with Crippen LogP contribution in [-0.2, 0) is 0 Å². The summed E-state index contributed by atoms with van der Waals surface area (Å²) < 4.78 is 5.43. The lowest BCUT2D eigenvalue weighted by Gasteiger charge is -2.50. The molecule has 1 N–H and O–H groups in total. The van der Waals surface area contributed by atoms with Crippen LogP contribution in [0.25, 0.3) is 27.8 Å². The fourth-order valence-electron chi connectivity index (χ4n) is 5.94. The monoisotopic (exact) mass is 450 g/mol. The van der Waals surface area contributed by atoms with Crippen LogP contribution in [0.4, 0.5) is 0 Å². The highest BCUT2D eigenvalue weighted by Crippen LogP contribution is 2.42. The Balaban J connectivity index is 1.21. The summed E-state index contributed by atoms with van der Waals surface area (Å²) in [5, 5.41) is 15.0. The number of hydrogen-bond donors (Lipinski definition) is 1. The summed E-state index contributed by atoms with van der Waals surface area (Å²) in [6.45, 7) is 2.06. The van der Waals surface area contributed by atoms with Crippen molar-refractivity contribution in [3.63, 3.8) is 0 Å². The number of fused-ring (bicyclic) bond motifs is 5. The van der Waals surface area contributed by atoms with Gasteiger partial charge in [-0.1, -0.05) is 48.6 Å². The first-order valence-electron chi connectivity index (χ1n) is 12.2. The van der Waals surface area contributed by atoms with E-state index in [9.17, 15) is 5.11 Å². The van der Waals surface area contributed by atoms with E-state index in [1.54, 1.807) is 13.3 Å². The zero-order chi connectivity index (χ0) is 23.1. The van der Waals surface area contributed by atoms with E-state index in [2.05, 4.69) is 64.5 Å². The first kappa shape index (κ1) is 21.3. The maximum Gasteiger partial charge on any atom is 0.119 e. The number of rotatable bonds is 5. The topological polar surface area (TPSA) is 45.6 Å². The molecule has 4 aromatic rings. The van der Waals surface area contributed by atoms with Gasteiger partial charge in [-0.3, -0.25) is 9.88 Å². The molecule has 7 rings (SSSR count). The summed E-state index contributed by atoms with van der Waals surface area (Å²) in [7, 11) is 1.67. The zero-order valence-electron chi connectivity index (χ0n) is 19.5. The summed E-state index contributed by atoms with van der Waals surface area (Å²) >= 11 is 0. The lowest BCUT2D eigenvalue weighted by atomic mass is 9.73. The second-order valence-corrected chi connectivity index (χ2v) is 9.70. The van der Waals surface area contributed by atoms with Crippen LogP contribution in [0.15, 0.2) is 79.0 Å². The van der Waals surface area contributed by atoms with Gasteiger partial charge in [0.1, 0.15) is 5.75 Å². The minimum atomic E-state index is -0.536. The van der Waals surface area contributed by atoms with Crippen LogP contribution in [0.2, 0.25) is 0 Å². The number of benzene rings is 3. The van der Waals surface area contributed by atoms with Crippen molar-refractivity contribution in [2.45, 2.75) is 25.0 Å². The van der Waals surface area contributed by atoms with Gasteiger partial charge in [-0.2, -0.15) is 0 Å². The highest BCUT2D eigenvalue weighted by molar-refractivity contribution is 5.85. The molecule has 0 amide bonds. The predicted octanol–water partition coefficient (Wildman–Crippen LogP) is 5.85. The van der Waals surface area contributed by atoms with Gasteiger partial charge in [0, 0.05) is 24.2 Å². The molecule has 1 aromatic heterocycles. The van der Waals surface area contributed by atoms with Gasteiger partial charge < -0.3 is 9.84 Å². The van der Waals surface area contributed by atoms with Crippen LogP contribution in [0.5, 0.6) is 5.75 Å². The summed E-state index contributed by atoms with van der Waals surface area (Å²) in [5.41, 5.74) is 3.10. The Morgan fingerprint density at radius 1 is 1.06 bits per heavy atom. The first-order chi connectivity index (χ1) is 16.7. The maximum absolute atomic E-state index is 11.5. The van der Waals surface area contributed by atoms with E-state index >= 15 is 0 Å². The average Bonchev–Trinajstić information content (AvgIpc) is 2.91. The molecular formula is C30H30N2O2. The van der Waals surface area contributed by atoms with Gasteiger partial charge in [-0.15, -0.1) is 0 Å². The minimum absolute atomic E-state index is 0.140. The van der Waals surface area contributed by atoms with Gasteiger partial charge in [0.2, 0.25) is 0 Å². The molecule has 3 fully saturated rings. The fraction of sp³-hybridized carbons (Fsp3) is 0.300. The Bertz CT molecular complexity index is 1360. The van der Waals surface area contributed by atoms with Gasteiger partial charge in [0.15, 0.2) is 0 Å². The summed E-state index contributed by atoms with van der Waals surface area (Å²) in [4.78, 5) is 6.98. The lowest BCUT2D eigenvalue weighted by molar-refractivity contribution is -0.0444. The van der Waals surface area contributed by atoms with E-state index in [0.29, 0.717) is 11.8 Å². The maximum atomic E-state index is 11.5. The molecule has 34 heavy (non-hydrogen) atoms. The van der Waals surface area contributed by atoms with Crippen molar-refractivity contribution in [1.82, 2.24) is 9.88 Å². The first-order valence-corrected chi connectivity index (χ1v) is 12.2.